The van der Waals surface area contributed by atoms with Gasteiger partial charge in [0.25, 0.3) is 0 Å². The van der Waals surface area contributed by atoms with Crippen molar-refractivity contribution < 1.29 is 9.53 Å². The molecule has 0 aliphatic carbocycles. The summed E-state index contributed by atoms with van der Waals surface area (Å²) in [4.78, 5) is 19.5. The summed E-state index contributed by atoms with van der Waals surface area (Å²) in [5, 5.41) is 0. The molecule has 1 amide bonds. The second-order valence-corrected chi connectivity index (χ2v) is 5.46. The average Bonchev–Trinajstić information content (AvgIpc) is 3.08. The highest BCUT2D eigenvalue weighted by Gasteiger charge is 2.21. The van der Waals surface area contributed by atoms with Crippen LogP contribution < -0.4 is 9.64 Å². The van der Waals surface area contributed by atoms with Crippen molar-refractivity contribution in [2.45, 2.75) is 6.42 Å². The summed E-state index contributed by atoms with van der Waals surface area (Å²) in [5.74, 6) is 1.07. The summed E-state index contributed by atoms with van der Waals surface area (Å²) in [5.41, 5.74) is 2.22. The zero-order chi connectivity index (χ0) is 15.4. The molecule has 1 aliphatic heterocycles. The molecule has 1 aromatic heterocycles. The Morgan fingerprint density at radius 2 is 1.86 bits per heavy atom. The highest BCUT2D eigenvalue weighted by molar-refractivity contribution is 5.79. The molecule has 2 aromatic rings. The Morgan fingerprint density at radius 3 is 2.45 bits per heavy atom. The van der Waals surface area contributed by atoms with Crippen LogP contribution in [0.1, 0.15) is 5.56 Å². The van der Waals surface area contributed by atoms with Crippen molar-refractivity contribution in [2.75, 3.05) is 38.2 Å². The quantitative estimate of drug-likeness (QED) is 0.938. The lowest BCUT2D eigenvalue weighted by molar-refractivity contribution is -0.130. The lowest BCUT2D eigenvalue weighted by atomic mass is 10.2. The van der Waals surface area contributed by atoms with Crippen LogP contribution in [0.4, 0.5) is 5.69 Å². The van der Waals surface area contributed by atoms with E-state index in [0.29, 0.717) is 6.42 Å². The number of rotatable bonds is 4. The number of benzene rings is 1. The third-order valence-corrected chi connectivity index (χ3v) is 4.09. The first-order valence-electron chi connectivity index (χ1n) is 7.55. The molecule has 1 aliphatic rings. The maximum atomic E-state index is 12.3. The number of nitrogens with one attached hydrogen (secondary N) is 1. The van der Waals surface area contributed by atoms with Crippen molar-refractivity contribution in [2.24, 2.45) is 0 Å². The van der Waals surface area contributed by atoms with Gasteiger partial charge >= 0.3 is 0 Å². The molecule has 3 rings (SSSR count). The maximum Gasteiger partial charge on any atom is 0.227 e. The van der Waals surface area contributed by atoms with E-state index >= 15 is 0 Å². The normalized spacial score (nSPS) is 15.0. The second-order valence-electron chi connectivity index (χ2n) is 5.46. The molecule has 2 heterocycles. The van der Waals surface area contributed by atoms with Gasteiger partial charge < -0.3 is 19.5 Å². The Labute approximate surface area is 130 Å². The van der Waals surface area contributed by atoms with Crippen molar-refractivity contribution in [3.63, 3.8) is 0 Å². The number of H-pyrrole nitrogens is 1. The minimum atomic E-state index is 0.203. The summed E-state index contributed by atoms with van der Waals surface area (Å²) < 4.78 is 5.18. The van der Waals surface area contributed by atoms with Gasteiger partial charge in [-0.15, -0.1) is 0 Å². The van der Waals surface area contributed by atoms with Gasteiger partial charge in [-0.2, -0.15) is 0 Å². The maximum absolute atomic E-state index is 12.3. The summed E-state index contributed by atoms with van der Waals surface area (Å²) in [6.45, 7) is 3.28. The Balaban J connectivity index is 1.54. The smallest absolute Gasteiger partial charge is 0.227 e. The van der Waals surface area contributed by atoms with Gasteiger partial charge in [0.05, 0.1) is 13.5 Å². The minimum absolute atomic E-state index is 0.203. The number of amides is 1. The molecular weight excluding hydrogens is 278 g/mol. The van der Waals surface area contributed by atoms with E-state index in [-0.39, 0.29) is 5.91 Å². The predicted molar refractivity (Wildman–Crippen MR) is 86.3 cm³/mol. The van der Waals surface area contributed by atoms with E-state index in [1.54, 1.807) is 7.11 Å². The van der Waals surface area contributed by atoms with Gasteiger partial charge in [0, 0.05) is 44.3 Å². The molecule has 0 atom stereocenters. The summed E-state index contributed by atoms with van der Waals surface area (Å²) >= 11 is 0. The molecule has 0 saturated carbocycles. The fourth-order valence-electron chi connectivity index (χ4n) is 2.76. The zero-order valence-corrected chi connectivity index (χ0v) is 12.8. The first-order valence-corrected chi connectivity index (χ1v) is 7.55. The molecular formula is C17H21N3O2. The first kappa shape index (κ1) is 14.5. The van der Waals surface area contributed by atoms with Crippen LogP contribution in [0.15, 0.2) is 42.7 Å². The molecule has 22 heavy (non-hydrogen) atoms. The molecule has 0 unspecified atom stereocenters. The van der Waals surface area contributed by atoms with Crippen molar-refractivity contribution >= 4 is 11.6 Å². The van der Waals surface area contributed by atoms with Crippen LogP contribution >= 0.6 is 0 Å². The van der Waals surface area contributed by atoms with Crippen LogP contribution in [0.5, 0.6) is 5.75 Å². The van der Waals surface area contributed by atoms with Crippen molar-refractivity contribution in [3.8, 4) is 5.75 Å². The zero-order valence-electron chi connectivity index (χ0n) is 12.8. The van der Waals surface area contributed by atoms with Crippen LogP contribution in [-0.4, -0.2) is 49.1 Å². The number of carbonyl (C=O) groups excluding carboxylic acids is 1. The van der Waals surface area contributed by atoms with Crippen LogP contribution in [0.2, 0.25) is 0 Å². The molecule has 0 bridgehead atoms. The van der Waals surface area contributed by atoms with E-state index in [4.69, 9.17) is 4.74 Å². The number of carbonyl (C=O) groups is 1. The molecule has 5 nitrogen and oxygen atoms in total. The number of ether oxygens (including phenoxy) is 1. The fraction of sp³-hybridized carbons (Fsp3) is 0.353. The van der Waals surface area contributed by atoms with E-state index in [9.17, 15) is 4.79 Å². The monoisotopic (exact) mass is 299 g/mol. The Hall–Kier alpha value is -2.43. The number of anilines is 1. The molecule has 5 heteroatoms. The Kier molecular flexibility index (Phi) is 4.32. The Morgan fingerprint density at radius 1 is 1.14 bits per heavy atom. The minimum Gasteiger partial charge on any atom is -0.497 e. The first-order chi connectivity index (χ1) is 10.8. The van der Waals surface area contributed by atoms with E-state index in [1.165, 1.54) is 5.69 Å². The third-order valence-electron chi connectivity index (χ3n) is 4.09. The van der Waals surface area contributed by atoms with Crippen LogP contribution in [0.3, 0.4) is 0 Å². The lowest BCUT2D eigenvalue weighted by Crippen LogP contribution is -2.49. The molecule has 0 radical (unpaired) electrons. The topological polar surface area (TPSA) is 48.6 Å². The van der Waals surface area contributed by atoms with Gasteiger partial charge in [-0.25, -0.2) is 0 Å². The third kappa shape index (κ3) is 3.24. The van der Waals surface area contributed by atoms with Gasteiger partial charge in [0.1, 0.15) is 5.75 Å². The van der Waals surface area contributed by atoms with Crippen LogP contribution in [-0.2, 0) is 11.2 Å². The summed E-state index contributed by atoms with van der Waals surface area (Å²) in [6.07, 6.45) is 4.21. The number of aromatic nitrogens is 1. The Bertz CT molecular complexity index is 599. The van der Waals surface area contributed by atoms with Gasteiger partial charge in [0.15, 0.2) is 0 Å². The van der Waals surface area contributed by atoms with E-state index in [0.717, 1.165) is 37.5 Å². The number of hydrogen-bond acceptors (Lipinski definition) is 3. The highest BCUT2D eigenvalue weighted by atomic mass is 16.5. The molecule has 116 valence electrons. The van der Waals surface area contributed by atoms with E-state index in [1.807, 2.05) is 35.5 Å². The standard InChI is InChI=1S/C17H21N3O2/c1-22-16-4-2-15(3-5-16)19-8-10-20(11-9-19)17(21)12-14-6-7-18-13-14/h2-7,13,18H,8-12H2,1H3. The summed E-state index contributed by atoms with van der Waals surface area (Å²) in [6, 6.07) is 10.0. The van der Waals surface area contributed by atoms with Gasteiger partial charge in [-0.3, -0.25) is 4.79 Å². The number of nitrogens with zero attached hydrogens (tertiary/aromatic N) is 2. The van der Waals surface area contributed by atoms with Gasteiger partial charge in [-0.05, 0) is 35.9 Å². The van der Waals surface area contributed by atoms with E-state index in [2.05, 4.69) is 22.0 Å². The van der Waals surface area contributed by atoms with Crippen molar-refractivity contribution in [1.29, 1.82) is 0 Å². The van der Waals surface area contributed by atoms with Crippen LogP contribution in [0, 0.1) is 0 Å². The number of methoxy groups -OCH3 is 1. The largest absolute Gasteiger partial charge is 0.497 e. The van der Waals surface area contributed by atoms with E-state index < -0.39 is 0 Å². The molecule has 1 aromatic carbocycles. The SMILES string of the molecule is COc1ccc(N2CCN(C(=O)Cc3cc[nH]c3)CC2)cc1. The molecule has 1 saturated heterocycles. The molecule has 1 fully saturated rings. The van der Waals surface area contributed by atoms with Crippen LogP contribution in [0.25, 0.3) is 0 Å². The van der Waals surface area contributed by atoms with Gasteiger partial charge in [-0.1, -0.05) is 0 Å². The van der Waals surface area contributed by atoms with Crippen molar-refractivity contribution in [3.05, 3.63) is 48.3 Å². The number of hydrogen-bond donors (Lipinski definition) is 1. The number of aromatic amines is 1. The highest BCUT2D eigenvalue weighted by Crippen LogP contribution is 2.20. The van der Waals surface area contributed by atoms with Gasteiger partial charge in [0.2, 0.25) is 5.91 Å². The lowest BCUT2D eigenvalue weighted by Gasteiger charge is -2.36. The average molecular weight is 299 g/mol. The number of piperazine rings is 1. The second kappa shape index (κ2) is 6.56. The molecule has 0 spiro atoms. The molecule has 1 N–H and O–H groups in total. The summed E-state index contributed by atoms with van der Waals surface area (Å²) in [7, 11) is 1.67. The van der Waals surface area contributed by atoms with Crippen molar-refractivity contribution in [1.82, 2.24) is 9.88 Å². The predicted octanol–water partition coefficient (Wildman–Crippen LogP) is 1.91. The fourth-order valence-corrected chi connectivity index (χ4v) is 2.76.